The van der Waals surface area contributed by atoms with Gasteiger partial charge < -0.3 is 14.4 Å². The molecule has 0 unspecified atom stereocenters. The summed E-state index contributed by atoms with van der Waals surface area (Å²) in [4.78, 5) is 11.3. The molecule has 5 heteroatoms. The van der Waals surface area contributed by atoms with Crippen LogP contribution in [-0.4, -0.2) is 9.67 Å². The van der Waals surface area contributed by atoms with Crippen molar-refractivity contribution >= 4 is 16.6 Å². The van der Waals surface area contributed by atoms with Crippen LogP contribution in [0.15, 0.2) is 78.0 Å². The van der Waals surface area contributed by atoms with Crippen molar-refractivity contribution in [2.24, 2.45) is 5.18 Å². The molecule has 0 radical (unpaired) electrons. The van der Waals surface area contributed by atoms with Crippen molar-refractivity contribution in [1.29, 1.82) is 0 Å². The normalized spacial score (nSPS) is 10.9. The molecule has 1 aromatic heterocycles. The molecule has 0 saturated carbocycles. The highest BCUT2D eigenvalue weighted by Crippen LogP contribution is 2.39. The molecule has 0 aliphatic heterocycles. The standard InChI is InChI=1S/C23H20N2O3/c1-16-11-12-20-19(13-16)22(24-27)23(26)25(20)14-18-9-5-6-10-21(18)28-15-17-7-3-2-4-8-17/h2-13,26H,14-15H2,1H3. The third-order valence-electron chi connectivity index (χ3n) is 4.79. The van der Waals surface area contributed by atoms with Gasteiger partial charge in [-0.15, -0.1) is 4.91 Å². The van der Waals surface area contributed by atoms with E-state index in [4.69, 9.17) is 4.74 Å². The lowest BCUT2D eigenvalue weighted by molar-refractivity contribution is 0.302. The molecule has 28 heavy (non-hydrogen) atoms. The van der Waals surface area contributed by atoms with Gasteiger partial charge in [-0.3, -0.25) is 0 Å². The molecule has 4 rings (SSSR count). The molecule has 5 nitrogen and oxygen atoms in total. The van der Waals surface area contributed by atoms with Gasteiger partial charge in [0.15, 0.2) is 5.69 Å². The van der Waals surface area contributed by atoms with Crippen LogP contribution in [0, 0.1) is 11.8 Å². The van der Waals surface area contributed by atoms with Crippen molar-refractivity contribution in [2.45, 2.75) is 20.1 Å². The van der Waals surface area contributed by atoms with Crippen molar-refractivity contribution in [3.05, 3.63) is 94.4 Å². The van der Waals surface area contributed by atoms with Crippen molar-refractivity contribution in [3.63, 3.8) is 0 Å². The Balaban J connectivity index is 1.69. The molecule has 0 aliphatic rings. The smallest absolute Gasteiger partial charge is 0.222 e. The first-order chi connectivity index (χ1) is 13.7. The van der Waals surface area contributed by atoms with Gasteiger partial charge in [0, 0.05) is 10.9 Å². The lowest BCUT2D eigenvalue weighted by Gasteiger charge is -2.13. The summed E-state index contributed by atoms with van der Waals surface area (Å²) in [6.45, 7) is 2.76. The molecule has 0 fully saturated rings. The van der Waals surface area contributed by atoms with Gasteiger partial charge in [0.05, 0.1) is 12.1 Å². The highest BCUT2D eigenvalue weighted by atomic mass is 16.5. The van der Waals surface area contributed by atoms with Crippen molar-refractivity contribution in [2.75, 3.05) is 0 Å². The molecule has 4 aromatic rings. The number of para-hydroxylation sites is 1. The Morgan fingerprint density at radius 1 is 1.00 bits per heavy atom. The lowest BCUT2D eigenvalue weighted by Crippen LogP contribution is -2.03. The number of nitrogens with zero attached hydrogens (tertiary/aromatic N) is 2. The number of aromatic hydroxyl groups is 1. The van der Waals surface area contributed by atoms with E-state index in [0.717, 1.165) is 28.0 Å². The van der Waals surface area contributed by atoms with Crippen LogP contribution in [0.25, 0.3) is 10.9 Å². The van der Waals surface area contributed by atoms with Crippen LogP contribution in [-0.2, 0) is 13.2 Å². The average molecular weight is 372 g/mol. The first-order valence-electron chi connectivity index (χ1n) is 9.07. The van der Waals surface area contributed by atoms with E-state index in [2.05, 4.69) is 5.18 Å². The van der Waals surface area contributed by atoms with E-state index in [0.29, 0.717) is 18.5 Å². The molecular formula is C23H20N2O3. The van der Waals surface area contributed by atoms with Gasteiger partial charge in [0.1, 0.15) is 12.4 Å². The van der Waals surface area contributed by atoms with Crippen molar-refractivity contribution in [1.82, 2.24) is 4.57 Å². The SMILES string of the molecule is Cc1ccc2c(c1)c(N=O)c(O)n2Cc1ccccc1OCc1ccccc1. The van der Waals surface area contributed by atoms with Crippen LogP contribution in [0.2, 0.25) is 0 Å². The molecule has 1 heterocycles. The first kappa shape index (κ1) is 17.8. The molecule has 0 bridgehead atoms. The summed E-state index contributed by atoms with van der Waals surface area (Å²) in [5, 5.41) is 14.3. The van der Waals surface area contributed by atoms with Gasteiger partial charge >= 0.3 is 0 Å². The fourth-order valence-electron chi connectivity index (χ4n) is 3.37. The van der Waals surface area contributed by atoms with E-state index in [1.807, 2.05) is 79.7 Å². The minimum atomic E-state index is -0.131. The molecular weight excluding hydrogens is 352 g/mol. The van der Waals surface area contributed by atoms with Crippen LogP contribution < -0.4 is 4.74 Å². The zero-order valence-electron chi connectivity index (χ0n) is 15.5. The zero-order valence-corrected chi connectivity index (χ0v) is 15.5. The number of aromatic nitrogens is 1. The minimum Gasteiger partial charge on any atom is -0.493 e. The molecule has 1 N–H and O–H groups in total. The number of hydrogen-bond acceptors (Lipinski definition) is 4. The summed E-state index contributed by atoms with van der Waals surface area (Å²) in [7, 11) is 0. The average Bonchev–Trinajstić information content (AvgIpc) is 2.98. The van der Waals surface area contributed by atoms with E-state index in [1.165, 1.54) is 0 Å². The predicted molar refractivity (Wildman–Crippen MR) is 110 cm³/mol. The number of benzene rings is 3. The van der Waals surface area contributed by atoms with Crippen LogP contribution in [0.1, 0.15) is 16.7 Å². The highest BCUT2D eigenvalue weighted by molar-refractivity contribution is 5.95. The monoisotopic (exact) mass is 372 g/mol. The third kappa shape index (κ3) is 3.34. The first-order valence-corrected chi connectivity index (χ1v) is 9.07. The Morgan fingerprint density at radius 2 is 1.75 bits per heavy atom. The van der Waals surface area contributed by atoms with Gasteiger partial charge in [-0.2, -0.15) is 0 Å². The van der Waals surface area contributed by atoms with Gasteiger partial charge in [0.25, 0.3) is 0 Å². The fraction of sp³-hybridized carbons (Fsp3) is 0.130. The Kier molecular flexibility index (Phi) is 4.81. The summed E-state index contributed by atoms with van der Waals surface area (Å²) in [6.07, 6.45) is 0. The number of rotatable bonds is 6. The molecule has 0 amide bonds. The molecule has 0 spiro atoms. The zero-order chi connectivity index (χ0) is 19.5. The largest absolute Gasteiger partial charge is 0.493 e. The van der Waals surface area contributed by atoms with E-state index in [1.54, 1.807) is 4.57 Å². The van der Waals surface area contributed by atoms with Gasteiger partial charge in [-0.05, 0) is 35.9 Å². The number of aryl methyl sites for hydroxylation is 1. The van der Waals surface area contributed by atoms with Gasteiger partial charge in [0.2, 0.25) is 5.88 Å². The number of fused-ring (bicyclic) bond motifs is 1. The fourth-order valence-corrected chi connectivity index (χ4v) is 3.37. The van der Waals surface area contributed by atoms with Crippen LogP contribution >= 0.6 is 0 Å². The lowest BCUT2D eigenvalue weighted by atomic mass is 10.1. The molecule has 0 atom stereocenters. The number of ether oxygens (including phenoxy) is 1. The summed E-state index contributed by atoms with van der Waals surface area (Å²) in [5.74, 6) is 0.605. The molecule has 3 aromatic carbocycles. The Bertz CT molecular complexity index is 1130. The third-order valence-corrected chi connectivity index (χ3v) is 4.79. The van der Waals surface area contributed by atoms with Crippen LogP contribution in [0.5, 0.6) is 11.6 Å². The maximum atomic E-state index is 11.3. The summed E-state index contributed by atoms with van der Waals surface area (Å²) in [6, 6.07) is 23.4. The van der Waals surface area contributed by atoms with Crippen LogP contribution in [0.4, 0.5) is 5.69 Å². The van der Waals surface area contributed by atoms with Crippen molar-refractivity contribution < 1.29 is 9.84 Å². The quantitative estimate of drug-likeness (QED) is 0.443. The van der Waals surface area contributed by atoms with Gasteiger partial charge in [-0.1, -0.05) is 60.2 Å². The maximum absolute atomic E-state index is 11.3. The van der Waals surface area contributed by atoms with Gasteiger partial charge in [-0.25, -0.2) is 0 Å². The molecule has 0 aliphatic carbocycles. The van der Waals surface area contributed by atoms with Crippen LogP contribution in [0.3, 0.4) is 0 Å². The predicted octanol–water partition coefficient (Wildman–Crippen LogP) is 5.68. The molecule has 0 saturated heterocycles. The maximum Gasteiger partial charge on any atom is 0.222 e. The molecule has 140 valence electrons. The van der Waals surface area contributed by atoms with Crippen molar-refractivity contribution in [3.8, 4) is 11.6 Å². The Hall–Kier alpha value is -3.60. The Labute approximate surface area is 162 Å². The summed E-state index contributed by atoms with van der Waals surface area (Å²) in [5.41, 5.74) is 3.82. The van der Waals surface area contributed by atoms with E-state index >= 15 is 0 Å². The Morgan fingerprint density at radius 3 is 2.54 bits per heavy atom. The second-order valence-corrected chi connectivity index (χ2v) is 6.75. The highest BCUT2D eigenvalue weighted by Gasteiger charge is 2.18. The second-order valence-electron chi connectivity index (χ2n) is 6.75. The summed E-state index contributed by atoms with van der Waals surface area (Å²) >= 11 is 0. The number of nitroso groups, excluding NO2 is 1. The minimum absolute atomic E-state index is 0.0707. The van der Waals surface area contributed by atoms with E-state index in [-0.39, 0.29) is 11.6 Å². The summed E-state index contributed by atoms with van der Waals surface area (Å²) < 4.78 is 7.71. The number of hydrogen-bond donors (Lipinski definition) is 1. The second kappa shape index (κ2) is 7.56. The van der Waals surface area contributed by atoms with E-state index in [9.17, 15) is 10.0 Å². The van der Waals surface area contributed by atoms with E-state index < -0.39 is 0 Å². The topological polar surface area (TPSA) is 63.8 Å².